The van der Waals surface area contributed by atoms with E-state index in [1.54, 1.807) is 48.5 Å². The van der Waals surface area contributed by atoms with Gasteiger partial charge in [-0.3, -0.25) is 14.4 Å². The fraction of sp³-hybridized carbons (Fsp3) is 0.167. The summed E-state index contributed by atoms with van der Waals surface area (Å²) in [5.41, 5.74) is 7.21. The normalized spacial score (nSPS) is 10.0. The Kier molecular flexibility index (Phi) is 5.68. The lowest BCUT2D eigenvalue weighted by molar-refractivity contribution is -0.116. The average molecular weight is 325 g/mol. The molecule has 2 aromatic rings. The van der Waals surface area contributed by atoms with Crippen LogP contribution in [0.15, 0.2) is 48.5 Å². The van der Waals surface area contributed by atoms with Gasteiger partial charge in [-0.15, -0.1) is 0 Å². The lowest BCUT2D eigenvalue weighted by Crippen LogP contribution is -2.14. The van der Waals surface area contributed by atoms with Crippen LogP contribution in [-0.4, -0.2) is 17.7 Å². The smallest absolute Gasteiger partial charge is 0.255 e. The molecule has 0 radical (unpaired) electrons. The second kappa shape index (κ2) is 7.92. The van der Waals surface area contributed by atoms with Crippen molar-refractivity contribution in [3.63, 3.8) is 0 Å². The second-order valence-electron chi connectivity index (χ2n) is 5.27. The fourth-order valence-electron chi connectivity index (χ4n) is 2.08. The summed E-state index contributed by atoms with van der Waals surface area (Å²) in [7, 11) is 0. The predicted molar refractivity (Wildman–Crippen MR) is 92.9 cm³/mol. The maximum absolute atomic E-state index is 12.2. The van der Waals surface area contributed by atoms with Crippen molar-refractivity contribution in [2.24, 2.45) is 5.73 Å². The van der Waals surface area contributed by atoms with Crippen LogP contribution in [0.5, 0.6) is 0 Å². The number of nitrogens with one attached hydrogen (secondary N) is 2. The minimum absolute atomic E-state index is 0.0516. The highest BCUT2D eigenvalue weighted by Gasteiger charge is 2.08. The van der Waals surface area contributed by atoms with E-state index < -0.39 is 5.91 Å². The molecule has 0 spiro atoms. The minimum atomic E-state index is -0.520. The summed E-state index contributed by atoms with van der Waals surface area (Å²) in [6.45, 7) is 1.93. The molecule has 3 amide bonds. The molecule has 0 aromatic heterocycles. The molecule has 2 rings (SSSR count). The quantitative estimate of drug-likeness (QED) is 0.761. The van der Waals surface area contributed by atoms with E-state index in [0.29, 0.717) is 28.9 Å². The standard InChI is InChI=1S/C18H19N3O3/c1-2-3-16(22)20-14-10-6-13(7-11-14)18(24)21-15-8-4-12(5-9-15)17(19)23/h4-11H,2-3H2,1H3,(H2,19,23)(H,20,22)(H,21,24). The van der Waals surface area contributed by atoms with Crippen LogP contribution in [0.2, 0.25) is 0 Å². The largest absolute Gasteiger partial charge is 0.366 e. The monoisotopic (exact) mass is 325 g/mol. The molecule has 0 bridgehead atoms. The van der Waals surface area contributed by atoms with Crippen molar-refractivity contribution in [1.82, 2.24) is 0 Å². The first-order valence-corrected chi connectivity index (χ1v) is 7.60. The van der Waals surface area contributed by atoms with Crippen LogP contribution < -0.4 is 16.4 Å². The number of amides is 3. The molecule has 0 aliphatic carbocycles. The molecular formula is C18H19N3O3. The Bertz CT molecular complexity index is 737. The van der Waals surface area contributed by atoms with Crippen molar-refractivity contribution in [2.45, 2.75) is 19.8 Å². The van der Waals surface area contributed by atoms with Crippen molar-refractivity contribution in [2.75, 3.05) is 10.6 Å². The molecule has 4 N–H and O–H groups in total. The summed E-state index contributed by atoms with van der Waals surface area (Å²) in [5.74, 6) is -0.855. The van der Waals surface area contributed by atoms with Gasteiger partial charge in [-0.1, -0.05) is 6.92 Å². The van der Waals surface area contributed by atoms with Crippen LogP contribution in [0.4, 0.5) is 11.4 Å². The van der Waals surface area contributed by atoms with Gasteiger partial charge in [-0.05, 0) is 55.0 Å². The SMILES string of the molecule is CCCC(=O)Nc1ccc(C(=O)Nc2ccc(C(N)=O)cc2)cc1. The highest BCUT2D eigenvalue weighted by molar-refractivity contribution is 6.05. The van der Waals surface area contributed by atoms with E-state index in [2.05, 4.69) is 10.6 Å². The average Bonchev–Trinajstić information content (AvgIpc) is 2.56. The number of carbonyl (C=O) groups is 3. The zero-order valence-corrected chi connectivity index (χ0v) is 13.3. The Hall–Kier alpha value is -3.15. The molecular weight excluding hydrogens is 306 g/mol. The van der Waals surface area contributed by atoms with E-state index in [4.69, 9.17) is 5.73 Å². The van der Waals surface area contributed by atoms with Crippen molar-refractivity contribution in [3.8, 4) is 0 Å². The zero-order chi connectivity index (χ0) is 17.5. The minimum Gasteiger partial charge on any atom is -0.366 e. The van der Waals surface area contributed by atoms with Gasteiger partial charge in [0, 0.05) is 28.9 Å². The van der Waals surface area contributed by atoms with Crippen LogP contribution in [0.3, 0.4) is 0 Å². The maximum Gasteiger partial charge on any atom is 0.255 e. The molecule has 0 fully saturated rings. The van der Waals surface area contributed by atoms with Crippen molar-refractivity contribution in [3.05, 3.63) is 59.7 Å². The second-order valence-corrected chi connectivity index (χ2v) is 5.27. The molecule has 0 heterocycles. The van der Waals surface area contributed by atoms with Crippen LogP contribution >= 0.6 is 0 Å². The van der Waals surface area contributed by atoms with Crippen molar-refractivity contribution < 1.29 is 14.4 Å². The van der Waals surface area contributed by atoms with Gasteiger partial charge < -0.3 is 16.4 Å². The first-order chi connectivity index (χ1) is 11.5. The lowest BCUT2D eigenvalue weighted by atomic mass is 10.1. The third-order valence-corrected chi connectivity index (χ3v) is 3.34. The topological polar surface area (TPSA) is 101 Å². The van der Waals surface area contributed by atoms with Gasteiger partial charge in [0.25, 0.3) is 5.91 Å². The van der Waals surface area contributed by atoms with Gasteiger partial charge in [0.2, 0.25) is 11.8 Å². The molecule has 124 valence electrons. The van der Waals surface area contributed by atoms with Gasteiger partial charge in [0.05, 0.1) is 0 Å². The molecule has 24 heavy (non-hydrogen) atoms. The molecule has 0 aliphatic heterocycles. The molecule has 0 atom stereocenters. The van der Waals surface area contributed by atoms with Crippen LogP contribution in [0, 0.1) is 0 Å². The van der Waals surface area contributed by atoms with Gasteiger partial charge in [-0.2, -0.15) is 0 Å². The Labute approximate surface area is 140 Å². The first kappa shape index (κ1) is 17.2. The number of primary amides is 1. The van der Waals surface area contributed by atoms with Crippen molar-refractivity contribution in [1.29, 1.82) is 0 Å². The number of carbonyl (C=O) groups excluding carboxylic acids is 3. The summed E-state index contributed by atoms with van der Waals surface area (Å²) in [6.07, 6.45) is 1.24. The van der Waals surface area contributed by atoms with Gasteiger partial charge in [0.15, 0.2) is 0 Å². The summed E-state index contributed by atoms with van der Waals surface area (Å²) in [6, 6.07) is 12.9. The molecule has 2 aromatic carbocycles. The molecule has 0 aliphatic rings. The molecule has 6 heteroatoms. The Morgan fingerprint density at radius 3 is 1.83 bits per heavy atom. The Morgan fingerprint density at radius 2 is 1.33 bits per heavy atom. The number of anilines is 2. The maximum atomic E-state index is 12.2. The highest BCUT2D eigenvalue weighted by atomic mass is 16.2. The van der Waals surface area contributed by atoms with Crippen molar-refractivity contribution >= 4 is 29.1 Å². The summed E-state index contributed by atoms with van der Waals surface area (Å²) < 4.78 is 0. The number of nitrogens with two attached hydrogens (primary N) is 1. The highest BCUT2D eigenvalue weighted by Crippen LogP contribution is 2.14. The number of benzene rings is 2. The van der Waals surface area contributed by atoms with Gasteiger partial charge in [0.1, 0.15) is 0 Å². The van der Waals surface area contributed by atoms with E-state index in [1.807, 2.05) is 6.92 Å². The third kappa shape index (κ3) is 4.67. The van der Waals surface area contributed by atoms with Crippen LogP contribution in [-0.2, 0) is 4.79 Å². The molecule has 0 saturated heterocycles. The van der Waals surface area contributed by atoms with E-state index >= 15 is 0 Å². The summed E-state index contributed by atoms with van der Waals surface area (Å²) in [5, 5.41) is 5.49. The number of hydrogen-bond donors (Lipinski definition) is 3. The summed E-state index contributed by atoms with van der Waals surface area (Å²) in [4.78, 5) is 34.7. The molecule has 6 nitrogen and oxygen atoms in total. The Morgan fingerprint density at radius 1 is 0.833 bits per heavy atom. The van der Waals surface area contributed by atoms with E-state index in [9.17, 15) is 14.4 Å². The third-order valence-electron chi connectivity index (χ3n) is 3.34. The molecule has 0 saturated carbocycles. The first-order valence-electron chi connectivity index (χ1n) is 7.60. The fourth-order valence-corrected chi connectivity index (χ4v) is 2.08. The van der Waals surface area contributed by atoms with Gasteiger partial charge in [-0.25, -0.2) is 0 Å². The number of hydrogen-bond acceptors (Lipinski definition) is 3. The van der Waals surface area contributed by atoms with E-state index in [1.165, 1.54) is 0 Å². The Balaban J connectivity index is 1.99. The predicted octanol–water partition coefficient (Wildman–Crippen LogP) is 2.78. The van der Waals surface area contributed by atoms with E-state index in [0.717, 1.165) is 6.42 Å². The van der Waals surface area contributed by atoms with Crippen LogP contribution in [0.25, 0.3) is 0 Å². The van der Waals surface area contributed by atoms with Gasteiger partial charge >= 0.3 is 0 Å². The number of rotatable bonds is 6. The summed E-state index contributed by atoms with van der Waals surface area (Å²) >= 11 is 0. The van der Waals surface area contributed by atoms with Crippen LogP contribution in [0.1, 0.15) is 40.5 Å². The lowest BCUT2D eigenvalue weighted by Gasteiger charge is -2.08. The zero-order valence-electron chi connectivity index (χ0n) is 13.3. The molecule has 0 unspecified atom stereocenters. The van der Waals surface area contributed by atoms with E-state index in [-0.39, 0.29) is 11.8 Å².